The normalized spacial score (nSPS) is 13.6. The average molecular weight is 483 g/mol. The number of hydrogen-bond donors (Lipinski definition) is 1. The number of benzene rings is 2. The zero-order valence-electron chi connectivity index (χ0n) is 19.5. The third kappa shape index (κ3) is 5.45. The lowest BCUT2D eigenvalue weighted by molar-refractivity contribution is -0.145. The van der Waals surface area contributed by atoms with Crippen LogP contribution in [-0.4, -0.2) is 32.6 Å². The topological polar surface area (TPSA) is 69.0 Å². The van der Waals surface area contributed by atoms with Gasteiger partial charge in [-0.2, -0.15) is 18.3 Å². The number of nitrogens with zero attached hydrogens (tertiary/aromatic N) is 3. The van der Waals surface area contributed by atoms with Crippen molar-refractivity contribution in [1.82, 2.24) is 20.1 Å². The van der Waals surface area contributed by atoms with E-state index in [0.717, 1.165) is 16.5 Å². The average Bonchev–Trinajstić information content (AvgIpc) is 3.24. The molecule has 2 atom stereocenters. The molecule has 182 valence electrons. The van der Waals surface area contributed by atoms with Crippen LogP contribution < -0.4 is 10.1 Å². The maximum atomic E-state index is 13.7. The Labute approximate surface area is 200 Å². The number of rotatable bonds is 8. The van der Waals surface area contributed by atoms with Crippen LogP contribution in [0.2, 0.25) is 0 Å². The Morgan fingerprint density at radius 2 is 1.80 bits per heavy atom. The van der Waals surface area contributed by atoms with Crippen LogP contribution in [0.3, 0.4) is 0 Å². The van der Waals surface area contributed by atoms with Gasteiger partial charge in [0.2, 0.25) is 5.95 Å². The summed E-state index contributed by atoms with van der Waals surface area (Å²) in [6.45, 7) is 4.24. The Kier molecular flexibility index (Phi) is 6.77. The fourth-order valence-corrected chi connectivity index (χ4v) is 3.79. The van der Waals surface area contributed by atoms with Gasteiger partial charge in [-0.3, -0.25) is 4.79 Å². The van der Waals surface area contributed by atoms with E-state index in [4.69, 9.17) is 4.74 Å². The lowest BCUT2D eigenvalue weighted by atomic mass is 9.92. The number of carbonyl (C=O) groups excluding carboxylic acids is 1. The number of ether oxygens (including phenoxy) is 1. The number of halogens is 3. The molecule has 35 heavy (non-hydrogen) atoms. The lowest BCUT2D eigenvalue weighted by Gasteiger charge is -2.32. The second-order valence-corrected chi connectivity index (χ2v) is 8.70. The highest BCUT2D eigenvalue weighted by molar-refractivity contribution is 5.83. The van der Waals surface area contributed by atoms with Gasteiger partial charge in [0.15, 0.2) is 0 Å². The van der Waals surface area contributed by atoms with E-state index in [0.29, 0.717) is 18.4 Å². The quantitative estimate of drug-likeness (QED) is 0.338. The summed E-state index contributed by atoms with van der Waals surface area (Å²) in [7, 11) is 0. The molecule has 2 heterocycles. The monoisotopic (exact) mass is 482 g/mol. The van der Waals surface area contributed by atoms with Crippen molar-refractivity contribution in [2.45, 2.75) is 38.8 Å². The van der Waals surface area contributed by atoms with Gasteiger partial charge in [-0.05, 0) is 41.8 Å². The van der Waals surface area contributed by atoms with E-state index in [1.54, 1.807) is 35.1 Å². The first kappa shape index (κ1) is 24.3. The Morgan fingerprint density at radius 3 is 2.43 bits per heavy atom. The summed E-state index contributed by atoms with van der Waals surface area (Å²) in [5.41, 5.74) is 2.08. The first-order valence-electron chi connectivity index (χ1n) is 11.1. The summed E-state index contributed by atoms with van der Waals surface area (Å²) in [5, 5.41) is 7.59. The van der Waals surface area contributed by atoms with Crippen LogP contribution in [0.1, 0.15) is 32.4 Å². The maximum Gasteiger partial charge on any atom is 0.321 e. The summed E-state index contributed by atoms with van der Waals surface area (Å²) >= 11 is 0. The van der Waals surface area contributed by atoms with Gasteiger partial charge in [0, 0.05) is 12.3 Å². The van der Waals surface area contributed by atoms with Crippen LogP contribution in [0.4, 0.5) is 13.2 Å². The van der Waals surface area contributed by atoms with Crippen molar-refractivity contribution < 1.29 is 22.7 Å². The fraction of sp³-hybridized carbons (Fsp3) is 0.269. The molecule has 6 nitrogen and oxygen atoms in total. The molecule has 0 radical (unpaired) electrons. The zero-order chi connectivity index (χ0) is 25.2. The fourth-order valence-electron chi connectivity index (χ4n) is 3.79. The van der Waals surface area contributed by atoms with Crippen molar-refractivity contribution in [3.8, 4) is 11.4 Å². The van der Waals surface area contributed by atoms with Crippen molar-refractivity contribution >= 4 is 16.8 Å². The molecule has 1 N–H and O–H groups in total. The number of carbonyl (C=O) groups is 1. The van der Waals surface area contributed by atoms with E-state index >= 15 is 0 Å². The lowest BCUT2D eigenvalue weighted by Crippen LogP contribution is -2.49. The highest BCUT2D eigenvalue weighted by Gasteiger charge is 2.37. The Balaban J connectivity index is 1.68. The van der Waals surface area contributed by atoms with Crippen molar-refractivity contribution in [2.24, 2.45) is 5.92 Å². The van der Waals surface area contributed by atoms with Crippen LogP contribution in [0.25, 0.3) is 16.6 Å². The SMILES string of the molecule is CC(C)[C@H](NC(=O)C(C)(F)F)[C@H](Oc1ccc2c(cnn2-c2ccc(F)nc2)c1)c1ccccc1. The van der Waals surface area contributed by atoms with Crippen molar-refractivity contribution in [2.75, 3.05) is 0 Å². The first-order chi connectivity index (χ1) is 16.6. The molecule has 2 aromatic heterocycles. The van der Waals surface area contributed by atoms with Crippen LogP contribution >= 0.6 is 0 Å². The van der Waals surface area contributed by atoms with Crippen molar-refractivity contribution in [1.29, 1.82) is 0 Å². The molecule has 0 aliphatic rings. The minimum Gasteiger partial charge on any atom is -0.484 e. The number of aromatic nitrogens is 3. The Bertz CT molecular complexity index is 1300. The predicted molar refractivity (Wildman–Crippen MR) is 126 cm³/mol. The van der Waals surface area contributed by atoms with Gasteiger partial charge in [0.05, 0.1) is 29.6 Å². The van der Waals surface area contributed by atoms with E-state index in [1.807, 2.05) is 44.2 Å². The molecule has 0 fully saturated rings. The van der Waals surface area contributed by atoms with Gasteiger partial charge in [0.25, 0.3) is 5.91 Å². The number of pyridine rings is 1. The van der Waals surface area contributed by atoms with Crippen LogP contribution in [0, 0.1) is 11.9 Å². The number of hydrogen-bond acceptors (Lipinski definition) is 4. The summed E-state index contributed by atoms with van der Waals surface area (Å²) < 4.78 is 48.5. The van der Waals surface area contributed by atoms with Crippen molar-refractivity contribution in [3.05, 3.63) is 84.6 Å². The molecule has 1 amide bonds. The molecule has 0 unspecified atom stereocenters. The highest BCUT2D eigenvalue weighted by Crippen LogP contribution is 2.31. The van der Waals surface area contributed by atoms with E-state index in [9.17, 15) is 18.0 Å². The van der Waals surface area contributed by atoms with Gasteiger partial charge < -0.3 is 10.1 Å². The van der Waals surface area contributed by atoms with Crippen LogP contribution in [0.5, 0.6) is 5.75 Å². The molecule has 4 rings (SSSR count). The molecule has 0 saturated heterocycles. The summed E-state index contributed by atoms with van der Waals surface area (Å²) in [5.74, 6) is -5.18. The molecular weight excluding hydrogens is 457 g/mol. The number of fused-ring (bicyclic) bond motifs is 1. The zero-order valence-corrected chi connectivity index (χ0v) is 19.5. The molecule has 0 aliphatic carbocycles. The van der Waals surface area contributed by atoms with Gasteiger partial charge in [-0.25, -0.2) is 9.67 Å². The smallest absolute Gasteiger partial charge is 0.321 e. The Morgan fingerprint density at radius 1 is 1.06 bits per heavy atom. The third-order valence-corrected chi connectivity index (χ3v) is 5.63. The molecule has 0 spiro atoms. The van der Waals surface area contributed by atoms with Gasteiger partial charge in [-0.1, -0.05) is 44.2 Å². The van der Waals surface area contributed by atoms with Crippen LogP contribution in [0.15, 0.2) is 73.1 Å². The molecule has 0 bridgehead atoms. The maximum absolute atomic E-state index is 13.7. The predicted octanol–water partition coefficient (Wildman–Crippen LogP) is 5.48. The molecule has 0 saturated carbocycles. The second kappa shape index (κ2) is 9.77. The Hall–Kier alpha value is -3.88. The molecule has 4 aromatic rings. The van der Waals surface area contributed by atoms with E-state index in [-0.39, 0.29) is 5.92 Å². The molecule has 2 aromatic carbocycles. The minimum absolute atomic E-state index is 0.205. The van der Waals surface area contributed by atoms with Gasteiger partial charge >= 0.3 is 5.92 Å². The van der Waals surface area contributed by atoms with E-state index < -0.39 is 29.9 Å². The minimum atomic E-state index is -3.52. The summed E-state index contributed by atoms with van der Waals surface area (Å²) in [6.07, 6.45) is 2.30. The van der Waals surface area contributed by atoms with Gasteiger partial charge in [0.1, 0.15) is 11.9 Å². The number of nitrogens with one attached hydrogen (secondary N) is 1. The van der Waals surface area contributed by atoms with E-state index in [2.05, 4.69) is 15.4 Å². The summed E-state index contributed by atoms with van der Waals surface area (Å²) in [6, 6.07) is 16.6. The standard InChI is InChI=1S/C26H25F3N4O2/c1-16(2)23(32-25(34)26(3,28)29)24(17-7-5-4-6-8-17)35-20-10-11-21-18(13-20)14-31-33(21)19-9-12-22(27)30-15-19/h4-16,23-24H,1-3H3,(H,32,34)/t23-,24+/m0/s1. The molecule has 9 heteroatoms. The number of alkyl halides is 2. The van der Waals surface area contributed by atoms with Crippen molar-refractivity contribution in [3.63, 3.8) is 0 Å². The third-order valence-electron chi connectivity index (χ3n) is 5.63. The largest absolute Gasteiger partial charge is 0.484 e. The number of amides is 1. The second-order valence-electron chi connectivity index (χ2n) is 8.70. The first-order valence-corrected chi connectivity index (χ1v) is 11.1. The summed E-state index contributed by atoms with van der Waals surface area (Å²) in [4.78, 5) is 15.8. The van der Waals surface area contributed by atoms with Gasteiger partial charge in [-0.15, -0.1) is 0 Å². The van der Waals surface area contributed by atoms with Crippen LogP contribution in [-0.2, 0) is 4.79 Å². The van der Waals surface area contributed by atoms with E-state index in [1.165, 1.54) is 12.3 Å². The molecule has 0 aliphatic heterocycles. The molecular formula is C26H25F3N4O2. The highest BCUT2D eigenvalue weighted by atomic mass is 19.3.